The van der Waals surface area contributed by atoms with Crippen molar-refractivity contribution in [2.45, 2.75) is 25.7 Å². The quantitative estimate of drug-likeness (QED) is 0.936. The standard InChI is InChI=1S/C18H20N2O2S/c1-20(2)18(22)12-7-9-14(10-8-12)19-17(21)16-11-13-5-3-4-6-15(13)23-16/h7-11H,3-6H2,1-2H3,(H,19,21). The van der Waals surface area contributed by atoms with Crippen LogP contribution in [0.3, 0.4) is 0 Å². The normalized spacial score (nSPS) is 13.3. The molecule has 0 saturated heterocycles. The largest absolute Gasteiger partial charge is 0.345 e. The van der Waals surface area contributed by atoms with Crippen LogP contribution in [0.5, 0.6) is 0 Å². The minimum Gasteiger partial charge on any atom is -0.345 e. The Hall–Kier alpha value is -2.14. The number of anilines is 1. The minimum absolute atomic E-state index is 0.0474. The number of thiophene rings is 1. The molecule has 1 aliphatic rings. The van der Waals surface area contributed by atoms with Crippen molar-refractivity contribution < 1.29 is 9.59 Å². The Morgan fingerprint density at radius 1 is 1.09 bits per heavy atom. The molecule has 120 valence electrons. The van der Waals surface area contributed by atoms with Crippen LogP contribution >= 0.6 is 11.3 Å². The topological polar surface area (TPSA) is 49.4 Å². The van der Waals surface area contributed by atoms with Crippen LogP contribution in [0, 0.1) is 0 Å². The highest BCUT2D eigenvalue weighted by Gasteiger charge is 2.17. The first-order valence-corrected chi connectivity index (χ1v) is 8.61. The number of hydrogen-bond acceptors (Lipinski definition) is 3. The van der Waals surface area contributed by atoms with Crippen molar-refractivity contribution in [1.29, 1.82) is 0 Å². The van der Waals surface area contributed by atoms with Gasteiger partial charge in [0.25, 0.3) is 11.8 Å². The van der Waals surface area contributed by atoms with Gasteiger partial charge >= 0.3 is 0 Å². The molecule has 0 saturated carbocycles. The molecule has 0 radical (unpaired) electrons. The summed E-state index contributed by atoms with van der Waals surface area (Å²) in [4.78, 5) is 27.9. The fourth-order valence-electron chi connectivity index (χ4n) is 2.75. The van der Waals surface area contributed by atoms with Gasteiger partial charge in [-0.05, 0) is 61.6 Å². The molecule has 0 unspecified atom stereocenters. The monoisotopic (exact) mass is 328 g/mol. The number of aryl methyl sites for hydroxylation is 2. The Morgan fingerprint density at radius 2 is 1.78 bits per heavy atom. The second kappa shape index (κ2) is 6.54. The molecule has 0 fully saturated rings. The lowest BCUT2D eigenvalue weighted by atomic mass is 9.99. The van der Waals surface area contributed by atoms with Gasteiger partial charge in [0.05, 0.1) is 4.88 Å². The van der Waals surface area contributed by atoms with Crippen molar-refractivity contribution in [3.63, 3.8) is 0 Å². The molecule has 0 atom stereocenters. The van der Waals surface area contributed by atoms with Gasteiger partial charge in [-0.1, -0.05) is 0 Å². The Morgan fingerprint density at radius 3 is 2.43 bits per heavy atom. The van der Waals surface area contributed by atoms with E-state index in [1.807, 2.05) is 6.07 Å². The summed E-state index contributed by atoms with van der Waals surface area (Å²) < 4.78 is 0. The van der Waals surface area contributed by atoms with E-state index >= 15 is 0 Å². The van der Waals surface area contributed by atoms with Crippen LogP contribution in [-0.4, -0.2) is 30.8 Å². The summed E-state index contributed by atoms with van der Waals surface area (Å²) in [5.74, 6) is -0.120. The zero-order valence-electron chi connectivity index (χ0n) is 13.4. The highest BCUT2D eigenvalue weighted by atomic mass is 32.1. The van der Waals surface area contributed by atoms with Gasteiger partial charge < -0.3 is 10.2 Å². The SMILES string of the molecule is CN(C)C(=O)c1ccc(NC(=O)c2cc3c(s2)CCCC3)cc1. The molecule has 5 heteroatoms. The first kappa shape index (κ1) is 15.7. The van der Waals surface area contributed by atoms with E-state index in [0.717, 1.165) is 17.7 Å². The smallest absolute Gasteiger partial charge is 0.265 e. The average molecular weight is 328 g/mol. The predicted molar refractivity (Wildman–Crippen MR) is 93.4 cm³/mol. The van der Waals surface area contributed by atoms with E-state index in [4.69, 9.17) is 0 Å². The molecule has 2 amide bonds. The molecule has 0 spiro atoms. The second-order valence-corrected chi connectivity index (χ2v) is 7.13. The van der Waals surface area contributed by atoms with Gasteiger partial charge in [0.1, 0.15) is 0 Å². The van der Waals surface area contributed by atoms with Crippen LogP contribution in [0.2, 0.25) is 0 Å². The average Bonchev–Trinajstić information content (AvgIpc) is 2.99. The van der Waals surface area contributed by atoms with E-state index in [1.54, 1.807) is 49.7 Å². The van der Waals surface area contributed by atoms with Gasteiger partial charge in [-0.25, -0.2) is 0 Å². The molecule has 1 aromatic carbocycles. The number of nitrogens with zero attached hydrogens (tertiary/aromatic N) is 1. The number of rotatable bonds is 3. The van der Waals surface area contributed by atoms with Crippen molar-refractivity contribution >= 4 is 28.8 Å². The molecule has 0 bridgehead atoms. The van der Waals surface area contributed by atoms with Crippen molar-refractivity contribution in [2.24, 2.45) is 0 Å². The second-order valence-electron chi connectivity index (χ2n) is 6.00. The summed E-state index contributed by atoms with van der Waals surface area (Å²) in [5.41, 5.74) is 2.65. The number of hydrogen-bond donors (Lipinski definition) is 1. The summed E-state index contributed by atoms with van der Waals surface area (Å²) in [6.45, 7) is 0. The zero-order valence-corrected chi connectivity index (χ0v) is 14.2. The van der Waals surface area contributed by atoms with Crippen molar-refractivity contribution in [3.8, 4) is 0 Å². The van der Waals surface area contributed by atoms with E-state index in [9.17, 15) is 9.59 Å². The van der Waals surface area contributed by atoms with E-state index < -0.39 is 0 Å². The van der Waals surface area contributed by atoms with E-state index in [1.165, 1.54) is 28.2 Å². The van der Waals surface area contributed by atoms with Gasteiger partial charge in [-0.15, -0.1) is 11.3 Å². The number of amides is 2. The lowest BCUT2D eigenvalue weighted by Crippen LogP contribution is -2.21. The lowest BCUT2D eigenvalue weighted by Gasteiger charge is -2.10. The molecule has 1 aromatic heterocycles. The molecular formula is C18H20N2O2S. The minimum atomic E-state index is -0.0731. The van der Waals surface area contributed by atoms with Crippen LogP contribution in [0.4, 0.5) is 5.69 Å². The third-order valence-electron chi connectivity index (χ3n) is 4.02. The molecule has 23 heavy (non-hydrogen) atoms. The Balaban J connectivity index is 1.70. The summed E-state index contributed by atoms with van der Waals surface area (Å²) in [6, 6.07) is 9.03. The highest BCUT2D eigenvalue weighted by molar-refractivity contribution is 7.14. The van der Waals surface area contributed by atoms with Gasteiger partial charge in [-0.3, -0.25) is 9.59 Å². The van der Waals surface area contributed by atoms with Gasteiger partial charge in [0.15, 0.2) is 0 Å². The molecule has 1 N–H and O–H groups in total. The first-order valence-electron chi connectivity index (χ1n) is 7.79. The van der Waals surface area contributed by atoms with E-state index in [2.05, 4.69) is 5.32 Å². The summed E-state index contributed by atoms with van der Waals surface area (Å²) in [5, 5.41) is 2.91. The molecule has 1 heterocycles. The summed E-state index contributed by atoms with van der Waals surface area (Å²) in [6.07, 6.45) is 4.61. The fourth-order valence-corrected chi connectivity index (χ4v) is 3.90. The van der Waals surface area contributed by atoms with Crippen LogP contribution in [-0.2, 0) is 12.8 Å². The maximum absolute atomic E-state index is 12.4. The summed E-state index contributed by atoms with van der Waals surface area (Å²) in [7, 11) is 3.44. The van der Waals surface area contributed by atoms with Gasteiger partial charge in [-0.2, -0.15) is 0 Å². The first-order chi connectivity index (χ1) is 11.0. The third kappa shape index (κ3) is 3.45. The molecule has 4 nitrogen and oxygen atoms in total. The van der Waals surface area contributed by atoms with Crippen LogP contribution in [0.25, 0.3) is 0 Å². The van der Waals surface area contributed by atoms with Crippen molar-refractivity contribution in [2.75, 3.05) is 19.4 Å². The number of carbonyl (C=O) groups excluding carboxylic acids is 2. The molecule has 3 rings (SSSR count). The van der Waals surface area contributed by atoms with Crippen molar-refractivity contribution in [1.82, 2.24) is 4.90 Å². The maximum Gasteiger partial charge on any atom is 0.265 e. The number of nitrogens with one attached hydrogen (secondary N) is 1. The van der Waals surface area contributed by atoms with Crippen LogP contribution in [0.15, 0.2) is 30.3 Å². The molecule has 0 aliphatic heterocycles. The highest BCUT2D eigenvalue weighted by Crippen LogP contribution is 2.30. The van der Waals surface area contributed by atoms with Gasteiger partial charge in [0.2, 0.25) is 0 Å². The molecular weight excluding hydrogens is 308 g/mol. The zero-order chi connectivity index (χ0) is 16.4. The third-order valence-corrected chi connectivity index (χ3v) is 5.25. The number of benzene rings is 1. The maximum atomic E-state index is 12.4. The van der Waals surface area contributed by atoms with Crippen LogP contribution in [0.1, 0.15) is 43.3 Å². The Labute approximate surface area is 140 Å². The van der Waals surface area contributed by atoms with Gasteiger partial charge in [0, 0.05) is 30.2 Å². The summed E-state index contributed by atoms with van der Waals surface area (Å²) >= 11 is 1.60. The van der Waals surface area contributed by atoms with E-state index in [-0.39, 0.29) is 11.8 Å². The number of fused-ring (bicyclic) bond motifs is 1. The molecule has 1 aliphatic carbocycles. The number of carbonyl (C=O) groups is 2. The fraction of sp³-hybridized carbons (Fsp3) is 0.333. The Kier molecular flexibility index (Phi) is 4.48. The van der Waals surface area contributed by atoms with Crippen molar-refractivity contribution in [3.05, 3.63) is 51.2 Å². The lowest BCUT2D eigenvalue weighted by molar-refractivity contribution is 0.0827. The predicted octanol–water partition coefficient (Wildman–Crippen LogP) is 3.58. The van der Waals surface area contributed by atoms with E-state index in [0.29, 0.717) is 11.3 Å². The van der Waals surface area contributed by atoms with Crippen LogP contribution < -0.4 is 5.32 Å². The molecule has 2 aromatic rings. The Bertz CT molecular complexity index is 708.